The second-order valence-electron chi connectivity index (χ2n) is 4.11. The third-order valence-electron chi connectivity index (χ3n) is 2.29. The molecule has 1 N–H and O–H groups in total. The number of nitrogens with zero attached hydrogens (tertiary/aromatic N) is 4. The molecule has 0 amide bonds. The van der Waals surface area contributed by atoms with Gasteiger partial charge in [0.1, 0.15) is 5.82 Å². The maximum Gasteiger partial charge on any atom is 0.203 e. The molecule has 5 nitrogen and oxygen atoms in total. The Labute approximate surface area is 93.9 Å². The third-order valence-corrected chi connectivity index (χ3v) is 2.29. The molecule has 0 aliphatic carbocycles. The lowest BCUT2D eigenvalue weighted by Crippen LogP contribution is -2.29. The number of aryl methyl sites for hydroxylation is 1. The number of rotatable bonds is 2. The summed E-state index contributed by atoms with van der Waals surface area (Å²) in [5.74, 6) is 4.12. The summed E-state index contributed by atoms with van der Waals surface area (Å²) < 4.78 is 1.86. The van der Waals surface area contributed by atoms with Crippen LogP contribution in [0.3, 0.4) is 0 Å². The minimum atomic E-state index is -0.464. The van der Waals surface area contributed by atoms with Crippen LogP contribution in [-0.4, -0.2) is 25.1 Å². The maximum atomic E-state index is 5.42. The highest BCUT2D eigenvalue weighted by Gasteiger charge is 2.17. The topological polar surface area (TPSA) is 55.1 Å². The number of hydrogen-bond donors (Lipinski definition) is 1. The van der Waals surface area contributed by atoms with Crippen LogP contribution in [0.4, 0.5) is 5.82 Å². The van der Waals surface area contributed by atoms with E-state index in [4.69, 9.17) is 6.42 Å². The van der Waals surface area contributed by atoms with Crippen LogP contribution >= 0.6 is 0 Å². The minimum Gasteiger partial charge on any atom is -0.351 e. The van der Waals surface area contributed by atoms with Crippen molar-refractivity contribution in [3.8, 4) is 12.3 Å². The second kappa shape index (κ2) is 3.49. The molecule has 0 bridgehead atoms. The highest BCUT2D eigenvalue weighted by atomic mass is 15.3. The number of nitrogens with one attached hydrogen (secondary N) is 1. The fourth-order valence-electron chi connectivity index (χ4n) is 1.36. The van der Waals surface area contributed by atoms with E-state index >= 15 is 0 Å². The Hall–Kier alpha value is -2.09. The summed E-state index contributed by atoms with van der Waals surface area (Å²) >= 11 is 0. The van der Waals surface area contributed by atoms with Crippen LogP contribution in [0, 0.1) is 19.3 Å². The van der Waals surface area contributed by atoms with Gasteiger partial charge in [0.25, 0.3) is 0 Å². The predicted molar refractivity (Wildman–Crippen MR) is 62.1 cm³/mol. The molecule has 5 heteroatoms. The van der Waals surface area contributed by atoms with Gasteiger partial charge in [-0.05, 0) is 20.8 Å². The van der Waals surface area contributed by atoms with Gasteiger partial charge in [0.2, 0.25) is 5.65 Å². The van der Waals surface area contributed by atoms with E-state index in [-0.39, 0.29) is 0 Å². The molecule has 0 unspecified atom stereocenters. The van der Waals surface area contributed by atoms with E-state index in [9.17, 15) is 0 Å². The summed E-state index contributed by atoms with van der Waals surface area (Å²) in [7, 11) is 0. The Morgan fingerprint density at radius 1 is 1.44 bits per heavy atom. The average Bonchev–Trinajstić information content (AvgIpc) is 2.62. The van der Waals surface area contributed by atoms with Gasteiger partial charge in [-0.3, -0.25) is 4.40 Å². The van der Waals surface area contributed by atoms with Crippen LogP contribution in [0.5, 0.6) is 0 Å². The lowest BCUT2D eigenvalue weighted by atomic mass is 10.1. The van der Waals surface area contributed by atoms with Crippen molar-refractivity contribution in [3.05, 3.63) is 18.2 Å². The summed E-state index contributed by atoms with van der Waals surface area (Å²) in [5.41, 5.74) is 0.220. The van der Waals surface area contributed by atoms with Gasteiger partial charge in [-0.1, -0.05) is 5.92 Å². The van der Waals surface area contributed by atoms with E-state index in [1.165, 1.54) is 0 Å². The van der Waals surface area contributed by atoms with Crippen LogP contribution in [-0.2, 0) is 0 Å². The third kappa shape index (κ3) is 1.70. The van der Waals surface area contributed by atoms with Crippen molar-refractivity contribution < 1.29 is 0 Å². The van der Waals surface area contributed by atoms with E-state index in [1.54, 1.807) is 6.20 Å². The molecule has 0 aromatic carbocycles. The van der Waals surface area contributed by atoms with Gasteiger partial charge < -0.3 is 5.32 Å². The summed E-state index contributed by atoms with van der Waals surface area (Å²) in [6.07, 6.45) is 8.93. The van der Waals surface area contributed by atoms with Crippen molar-refractivity contribution in [2.24, 2.45) is 0 Å². The average molecular weight is 215 g/mol. The molecule has 0 radical (unpaired) electrons. The number of terminal acetylenes is 1. The van der Waals surface area contributed by atoms with E-state index in [2.05, 4.69) is 26.4 Å². The quantitative estimate of drug-likeness (QED) is 0.766. The van der Waals surface area contributed by atoms with Gasteiger partial charge in [0.05, 0.1) is 5.54 Å². The molecule has 0 fully saturated rings. The van der Waals surface area contributed by atoms with E-state index in [1.807, 2.05) is 31.4 Å². The van der Waals surface area contributed by atoms with Crippen molar-refractivity contribution in [3.63, 3.8) is 0 Å². The van der Waals surface area contributed by atoms with Crippen LogP contribution < -0.4 is 5.32 Å². The summed E-state index contributed by atoms with van der Waals surface area (Å²) in [6, 6.07) is 0. The lowest BCUT2D eigenvalue weighted by molar-refractivity contribution is 0.735. The molecular weight excluding hydrogens is 202 g/mol. The Kier molecular flexibility index (Phi) is 2.27. The van der Waals surface area contributed by atoms with Crippen LogP contribution in [0.25, 0.3) is 5.65 Å². The van der Waals surface area contributed by atoms with Gasteiger partial charge in [-0.15, -0.1) is 16.6 Å². The van der Waals surface area contributed by atoms with E-state index in [0.29, 0.717) is 11.5 Å². The lowest BCUT2D eigenvalue weighted by Gasteiger charge is -2.20. The summed E-state index contributed by atoms with van der Waals surface area (Å²) in [5, 5.41) is 11.2. The highest BCUT2D eigenvalue weighted by molar-refractivity contribution is 5.63. The van der Waals surface area contributed by atoms with Crippen LogP contribution in [0.2, 0.25) is 0 Å². The summed E-state index contributed by atoms with van der Waals surface area (Å²) in [4.78, 5) is 4.22. The molecule has 2 aromatic rings. The van der Waals surface area contributed by atoms with Crippen LogP contribution in [0.15, 0.2) is 12.4 Å². The van der Waals surface area contributed by atoms with Gasteiger partial charge >= 0.3 is 0 Å². The van der Waals surface area contributed by atoms with E-state index < -0.39 is 5.54 Å². The molecule has 2 rings (SSSR count). The summed E-state index contributed by atoms with van der Waals surface area (Å²) in [6.45, 7) is 5.69. The smallest absolute Gasteiger partial charge is 0.203 e. The zero-order valence-electron chi connectivity index (χ0n) is 9.52. The molecular formula is C11H13N5. The molecule has 0 atom stereocenters. The maximum absolute atomic E-state index is 5.42. The van der Waals surface area contributed by atoms with Gasteiger partial charge in [-0.25, -0.2) is 4.98 Å². The van der Waals surface area contributed by atoms with Gasteiger partial charge in [-0.2, -0.15) is 0 Å². The Bertz CT molecular complexity index is 561. The minimum absolute atomic E-state index is 0.464. The molecule has 2 heterocycles. The normalized spacial score (nSPS) is 11.4. The van der Waals surface area contributed by atoms with E-state index in [0.717, 1.165) is 5.82 Å². The largest absolute Gasteiger partial charge is 0.351 e. The Morgan fingerprint density at radius 3 is 2.88 bits per heavy atom. The molecule has 82 valence electrons. The fourth-order valence-corrected chi connectivity index (χ4v) is 1.36. The molecule has 0 aliphatic rings. The standard InChI is InChI=1S/C11H13N5/c1-5-11(3,4)13-9-10-15-14-8(2)16(10)7-6-12-9/h1,6-7H,2-4H3,(H,12,13). The molecule has 0 aliphatic heterocycles. The first-order valence-electron chi connectivity index (χ1n) is 4.96. The molecule has 0 saturated heterocycles. The molecule has 16 heavy (non-hydrogen) atoms. The van der Waals surface area contributed by atoms with Crippen molar-refractivity contribution in [2.75, 3.05) is 5.32 Å². The monoisotopic (exact) mass is 215 g/mol. The molecule has 0 saturated carbocycles. The predicted octanol–water partition coefficient (Wildman–Crippen LogP) is 1.26. The number of aromatic nitrogens is 4. The second-order valence-corrected chi connectivity index (χ2v) is 4.11. The van der Waals surface area contributed by atoms with Crippen molar-refractivity contribution >= 4 is 11.5 Å². The molecule has 0 spiro atoms. The first-order valence-corrected chi connectivity index (χ1v) is 4.96. The zero-order valence-corrected chi connectivity index (χ0v) is 9.52. The van der Waals surface area contributed by atoms with Crippen molar-refractivity contribution in [1.82, 2.24) is 19.6 Å². The van der Waals surface area contributed by atoms with Gasteiger partial charge in [0, 0.05) is 12.4 Å². The van der Waals surface area contributed by atoms with Crippen molar-refractivity contribution in [1.29, 1.82) is 0 Å². The number of fused-ring (bicyclic) bond motifs is 1. The first-order chi connectivity index (χ1) is 7.53. The SMILES string of the molecule is C#CC(C)(C)Nc1nccn2c(C)nnc12. The van der Waals surface area contributed by atoms with Gasteiger partial charge in [0.15, 0.2) is 5.82 Å². The highest BCUT2D eigenvalue weighted by Crippen LogP contribution is 2.16. The first kappa shape index (κ1) is 10.4. The number of hydrogen-bond acceptors (Lipinski definition) is 4. The molecule has 2 aromatic heterocycles. The number of anilines is 1. The zero-order chi connectivity index (χ0) is 11.8. The van der Waals surface area contributed by atoms with Crippen molar-refractivity contribution in [2.45, 2.75) is 26.3 Å². The Balaban J connectivity index is 2.50. The Morgan fingerprint density at radius 2 is 2.19 bits per heavy atom. The fraction of sp³-hybridized carbons (Fsp3) is 0.364. The van der Waals surface area contributed by atoms with Crippen LogP contribution in [0.1, 0.15) is 19.7 Å².